The molecule has 0 saturated carbocycles. The highest BCUT2D eigenvalue weighted by Gasteiger charge is 2.42. The van der Waals surface area contributed by atoms with Gasteiger partial charge in [-0.1, -0.05) is 25.5 Å². The Kier molecular flexibility index (Phi) is 3.33. The molecule has 0 spiro atoms. The molecule has 0 bridgehead atoms. The number of ether oxygens (including phenoxy) is 1. The van der Waals surface area contributed by atoms with E-state index in [2.05, 4.69) is 13.0 Å². The number of hydrogen-bond acceptors (Lipinski definition) is 3. The molecule has 3 nitrogen and oxygen atoms in total. The molecule has 1 heterocycles. The molecule has 0 unspecified atom stereocenters. The molecular weight excluding hydrogens is 204 g/mol. The van der Waals surface area contributed by atoms with Crippen molar-refractivity contribution in [3.8, 4) is 0 Å². The molecule has 1 aliphatic carbocycles. The minimum Gasteiger partial charge on any atom is -0.462 e. The number of rotatable bonds is 2. The predicted octanol–water partition coefficient (Wildman–Crippen LogP) is 1.90. The zero-order chi connectivity index (χ0) is 11.7. The van der Waals surface area contributed by atoms with Gasteiger partial charge in [-0.2, -0.15) is 0 Å². The van der Waals surface area contributed by atoms with Gasteiger partial charge in [0.25, 0.3) is 0 Å². The SMILES string of the molecule is C[C@H]1C[C@H]2OC(=O)[C@H](C)[C@H]2CC=C1CCO. The average molecular weight is 224 g/mol. The second kappa shape index (κ2) is 4.58. The molecule has 2 aliphatic rings. The molecule has 1 saturated heterocycles. The first kappa shape index (κ1) is 11.6. The molecule has 0 amide bonds. The Morgan fingerprint density at radius 1 is 1.50 bits per heavy atom. The topological polar surface area (TPSA) is 46.5 Å². The third-order valence-corrected chi connectivity index (χ3v) is 4.03. The molecule has 2 rings (SSSR count). The van der Waals surface area contributed by atoms with E-state index in [1.165, 1.54) is 5.57 Å². The van der Waals surface area contributed by atoms with Crippen molar-refractivity contribution >= 4 is 5.97 Å². The Morgan fingerprint density at radius 3 is 2.94 bits per heavy atom. The van der Waals surface area contributed by atoms with Crippen LogP contribution in [0.3, 0.4) is 0 Å². The summed E-state index contributed by atoms with van der Waals surface area (Å²) in [5, 5.41) is 9.00. The van der Waals surface area contributed by atoms with Crippen LogP contribution in [0.5, 0.6) is 0 Å². The van der Waals surface area contributed by atoms with Crippen LogP contribution in [0.1, 0.15) is 33.1 Å². The number of fused-ring (bicyclic) bond motifs is 1. The first-order valence-electron chi connectivity index (χ1n) is 6.13. The minimum absolute atomic E-state index is 0.0296. The highest BCUT2D eigenvalue weighted by Crippen LogP contribution is 2.39. The lowest BCUT2D eigenvalue weighted by Crippen LogP contribution is -2.19. The second-order valence-electron chi connectivity index (χ2n) is 5.05. The smallest absolute Gasteiger partial charge is 0.309 e. The molecule has 3 heteroatoms. The summed E-state index contributed by atoms with van der Waals surface area (Å²) in [5.41, 5.74) is 1.32. The van der Waals surface area contributed by atoms with Gasteiger partial charge in [-0.15, -0.1) is 0 Å². The van der Waals surface area contributed by atoms with Gasteiger partial charge < -0.3 is 9.84 Å². The zero-order valence-electron chi connectivity index (χ0n) is 9.98. The Balaban J connectivity index is 2.12. The third-order valence-electron chi connectivity index (χ3n) is 4.03. The van der Waals surface area contributed by atoms with Crippen LogP contribution in [0, 0.1) is 17.8 Å². The molecule has 16 heavy (non-hydrogen) atoms. The van der Waals surface area contributed by atoms with Gasteiger partial charge in [0.1, 0.15) is 6.10 Å². The van der Waals surface area contributed by atoms with Crippen LogP contribution in [0.25, 0.3) is 0 Å². The number of hydrogen-bond donors (Lipinski definition) is 1. The van der Waals surface area contributed by atoms with Crippen molar-refractivity contribution in [1.82, 2.24) is 0 Å². The standard InChI is InChI=1S/C13H20O3/c1-8-7-12-11(9(2)13(15)16-12)4-3-10(8)5-6-14/h3,8-9,11-12,14H,4-7H2,1-2H3/t8-,9+,11+,12+/m0/s1. The van der Waals surface area contributed by atoms with Crippen molar-refractivity contribution in [2.75, 3.05) is 6.61 Å². The van der Waals surface area contributed by atoms with Gasteiger partial charge in [-0.25, -0.2) is 0 Å². The summed E-state index contributed by atoms with van der Waals surface area (Å²) in [4.78, 5) is 11.5. The number of esters is 1. The monoisotopic (exact) mass is 224 g/mol. The van der Waals surface area contributed by atoms with E-state index in [0.29, 0.717) is 11.8 Å². The summed E-state index contributed by atoms with van der Waals surface area (Å²) in [5.74, 6) is 0.745. The number of aliphatic hydroxyl groups excluding tert-OH is 1. The Hall–Kier alpha value is -0.830. The van der Waals surface area contributed by atoms with Crippen LogP contribution in [0.4, 0.5) is 0 Å². The lowest BCUT2D eigenvalue weighted by Gasteiger charge is -2.18. The van der Waals surface area contributed by atoms with Gasteiger partial charge in [0.05, 0.1) is 5.92 Å². The predicted molar refractivity (Wildman–Crippen MR) is 60.7 cm³/mol. The number of carbonyl (C=O) groups excluding carboxylic acids is 1. The first-order valence-corrected chi connectivity index (χ1v) is 6.13. The lowest BCUT2D eigenvalue weighted by atomic mass is 9.87. The summed E-state index contributed by atoms with van der Waals surface area (Å²) < 4.78 is 5.42. The summed E-state index contributed by atoms with van der Waals surface area (Å²) in [6, 6.07) is 0. The van der Waals surface area contributed by atoms with Crippen LogP contribution in [0.15, 0.2) is 11.6 Å². The first-order chi connectivity index (χ1) is 7.63. The Labute approximate surface area is 96.5 Å². The summed E-state index contributed by atoms with van der Waals surface area (Å²) in [7, 11) is 0. The summed E-state index contributed by atoms with van der Waals surface area (Å²) in [6.45, 7) is 4.32. The van der Waals surface area contributed by atoms with Crippen molar-refractivity contribution < 1.29 is 14.6 Å². The number of aliphatic hydroxyl groups is 1. The maximum Gasteiger partial charge on any atom is 0.309 e. The van der Waals surface area contributed by atoms with Crippen LogP contribution in [-0.4, -0.2) is 23.8 Å². The fourth-order valence-corrected chi connectivity index (χ4v) is 2.89. The second-order valence-corrected chi connectivity index (χ2v) is 5.05. The number of carbonyl (C=O) groups is 1. The molecule has 0 aromatic heterocycles. The Morgan fingerprint density at radius 2 is 2.25 bits per heavy atom. The average Bonchev–Trinajstić information content (AvgIpc) is 2.42. The highest BCUT2D eigenvalue weighted by atomic mass is 16.6. The van der Waals surface area contributed by atoms with Crippen LogP contribution >= 0.6 is 0 Å². The largest absolute Gasteiger partial charge is 0.462 e. The number of allylic oxidation sites excluding steroid dienone is 1. The van der Waals surface area contributed by atoms with Crippen molar-refractivity contribution in [2.45, 2.75) is 39.2 Å². The van der Waals surface area contributed by atoms with Gasteiger partial charge in [-0.3, -0.25) is 4.79 Å². The molecule has 0 aromatic rings. The van der Waals surface area contributed by atoms with Crippen molar-refractivity contribution in [3.05, 3.63) is 11.6 Å². The van der Waals surface area contributed by atoms with Crippen LogP contribution < -0.4 is 0 Å². The summed E-state index contributed by atoms with van der Waals surface area (Å²) in [6.07, 6.45) is 4.88. The minimum atomic E-state index is -0.0405. The van der Waals surface area contributed by atoms with E-state index in [9.17, 15) is 4.79 Å². The zero-order valence-corrected chi connectivity index (χ0v) is 9.98. The maximum atomic E-state index is 11.5. The van der Waals surface area contributed by atoms with E-state index < -0.39 is 0 Å². The molecule has 1 N–H and O–H groups in total. The molecule has 4 atom stereocenters. The van der Waals surface area contributed by atoms with Gasteiger partial charge in [0, 0.05) is 12.5 Å². The van der Waals surface area contributed by atoms with Crippen molar-refractivity contribution in [3.63, 3.8) is 0 Å². The Bertz CT molecular complexity index is 308. The fraction of sp³-hybridized carbons (Fsp3) is 0.769. The van der Waals surface area contributed by atoms with E-state index in [1.807, 2.05) is 6.92 Å². The lowest BCUT2D eigenvalue weighted by molar-refractivity contribution is -0.144. The molecule has 0 aromatic carbocycles. The fourth-order valence-electron chi connectivity index (χ4n) is 2.89. The quantitative estimate of drug-likeness (QED) is 0.575. The normalized spacial score (nSPS) is 38.7. The van der Waals surface area contributed by atoms with E-state index in [0.717, 1.165) is 19.3 Å². The molecular formula is C13H20O3. The van der Waals surface area contributed by atoms with Gasteiger partial charge >= 0.3 is 5.97 Å². The molecule has 1 aliphatic heterocycles. The highest BCUT2D eigenvalue weighted by molar-refractivity contribution is 5.74. The third kappa shape index (κ3) is 2.01. The molecule has 0 radical (unpaired) electrons. The van der Waals surface area contributed by atoms with Gasteiger partial charge in [-0.05, 0) is 25.2 Å². The van der Waals surface area contributed by atoms with E-state index in [1.54, 1.807) is 0 Å². The van der Waals surface area contributed by atoms with Crippen molar-refractivity contribution in [1.29, 1.82) is 0 Å². The maximum absolute atomic E-state index is 11.5. The van der Waals surface area contributed by atoms with Gasteiger partial charge in [0.15, 0.2) is 0 Å². The van der Waals surface area contributed by atoms with Gasteiger partial charge in [0.2, 0.25) is 0 Å². The molecule has 1 fully saturated rings. The summed E-state index contributed by atoms with van der Waals surface area (Å²) >= 11 is 0. The van der Waals surface area contributed by atoms with E-state index >= 15 is 0 Å². The van der Waals surface area contributed by atoms with E-state index in [4.69, 9.17) is 9.84 Å². The van der Waals surface area contributed by atoms with E-state index in [-0.39, 0.29) is 24.6 Å². The van der Waals surface area contributed by atoms with Crippen LogP contribution in [0.2, 0.25) is 0 Å². The van der Waals surface area contributed by atoms with Crippen molar-refractivity contribution in [2.24, 2.45) is 17.8 Å². The van der Waals surface area contributed by atoms with Crippen LogP contribution in [-0.2, 0) is 9.53 Å². The molecule has 90 valence electrons.